The van der Waals surface area contributed by atoms with Gasteiger partial charge in [0.25, 0.3) is 0 Å². The van der Waals surface area contributed by atoms with E-state index in [-0.39, 0.29) is 0 Å². The molecular weight excluding hydrogens is 266 g/mol. The highest BCUT2D eigenvalue weighted by atomic mass is 32.2. The summed E-state index contributed by atoms with van der Waals surface area (Å²) in [4.78, 5) is 6.71. The molecule has 4 nitrogen and oxygen atoms in total. The van der Waals surface area contributed by atoms with Crippen LogP contribution in [0.2, 0.25) is 0 Å². The highest BCUT2D eigenvalue weighted by molar-refractivity contribution is 7.85. The van der Waals surface area contributed by atoms with Crippen LogP contribution in [0.25, 0.3) is 10.2 Å². The topological polar surface area (TPSA) is 59.2 Å². The van der Waals surface area contributed by atoms with Gasteiger partial charge in [0.15, 0.2) is 0 Å². The van der Waals surface area contributed by atoms with Gasteiger partial charge in [-0.05, 0) is 19.1 Å². The predicted molar refractivity (Wildman–Crippen MR) is 78.9 cm³/mol. The first-order valence-electron chi connectivity index (χ1n) is 5.90. The lowest BCUT2D eigenvalue weighted by atomic mass is 10.2. The van der Waals surface area contributed by atoms with Crippen molar-refractivity contribution in [3.8, 4) is 0 Å². The van der Waals surface area contributed by atoms with Crippen molar-refractivity contribution in [2.75, 3.05) is 35.2 Å². The monoisotopic (exact) mass is 281 g/mol. The fraction of sp³-hybridized carbons (Fsp3) is 0.417. The standard InChI is InChI=1S/C12H15N3OS2/c1-8-14-10-7-11(9(13)6-12(10)17-8)15-2-4-18(16)5-3-15/h6-7H,2-5,13H2,1H3. The zero-order chi connectivity index (χ0) is 12.7. The van der Waals surface area contributed by atoms with E-state index in [1.165, 1.54) is 0 Å². The predicted octanol–water partition coefficient (Wildman–Crippen LogP) is 1.76. The van der Waals surface area contributed by atoms with E-state index in [9.17, 15) is 4.21 Å². The van der Waals surface area contributed by atoms with Crippen molar-refractivity contribution >= 4 is 43.7 Å². The van der Waals surface area contributed by atoms with E-state index in [4.69, 9.17) is 5.73 Å². The first kappa shape index (κ1) is 11.9. The Labute approximate surface area is 112 Å². The highest BCUT2D eigenvalue weighted by Crippen LogP contribution is 2.32. The molecular formula is C12H15N3OS2. The number of aryl methyl sites for hydroxylation is 1. The van der Waals surface area contributed by atoms with Gasteiger partial charge in [0, 0.05) is 35.4 Å². The second-order valence-corrected chi connectivity index (χ2v) is 7.38. The molecule has 1 aliphatic heterocycles. The minimum absolute atomic E-state index is 0.660. The van der Waals surface area contributed by atoms with Crippen LogP contribution < -0.4 is 10.6 Å². The minimum Gasteiger partial charge on any atom is -0.397 e. The van der Waals surface area contributed by atoms with E-state index < -0.39 is 10.8 Å². The van der Waals surface area contributed by atoms with Crippen LogP contribution in [-0.4, -0.2) is 33.8 Å². The summed E-state index contributed by atoms with van der Waals surface area (Å²) >= 11 is 1.66. The second kappa shape index (κ2) is 4.51. The number of nitrogen functional groups attached to an aromatic ring is 1. The SMILES string of the molecule is Cc1nc2cc(N3CCS(=O)CC3)c(N)cc2s1. The van der Waals surface area contributed by atoms with E-state index in [0.29, 0.717) is 0 Å². The molecule has 0 spiro atoms. The van der Waals surface area contributed by atoms with Gasteiger partial charge in [-0.15, -0.1) is 11.3 Å². The number of fused-ring (bicyclic) bond motifs is 1. The lowest BCUT2D eigenvalue weighted by molar-refractivity contribution is 0.673. The molecule has 2 heterocycles. The number of benzene rings is 1. The third-order valence-electron chi connectivity index (χ3n) is 3.16. The smallest absolute Gasteiger partial charge is 0.0907 e. The van der Waals surface area contributed by atoms with Crippen molar-refractivity contribution in [1.82, 2.24) is 4.98 Å². The maximum absolute atomic E-state index is 11.4. The van der Waals surface area contributed by atoms with Crippen molar-refractivity contribution in [2.24, 2.45) is 0 Å². The van der Waals surface area contributed by atoms with E-state index in [1.807, 2.05) is 13.0 Å². The largest absolute Gasteiger partial charge is 0.397 e. The molecule has 96 valence electrons. The number of hydrogen-bond acceptors (Lipinski definition) is 5. The quantitative estimate of drug-likeness (QED) is 0.809. The lowest BCUT2D eigenvalue weighted by Gasteiger charge is -2.29. The molecule has 0 unspecified atom stereocenters. The van der Waals surface area contributed by atoms with Crippen molar-refractivity contribution in [2.45, 2.75) is 6.92 Å². The lowest BCUT2D eigenvalue weighted by Crippen LogP contribution is -2.38. The molecule has 1 aromatic heterocycles. The van der Waals surface area contributed by atoms with Gasteiger partial charge in [-0.2, -0.15) is 0 Å². The third-order valence-corrected chi connectivity index (χ3v) is 5.37. The number of nitrogens with zero attached hydrogens (tertiary/aromatic N) is 2. The van der Waals surface area contributed by atoms with E-state index in [2.05, 4.69) is 16.0 Å². The molecule has 1 fully saturated rings. The summed E-state index contributed by atoms with van der Waals surface area (Å²) in [6.07, 6.45) is 0. The van der Waals surface area contributed by atoms with Gasteiger partial charge in [-0.1, -0.05) is 0 Å². The Hall–Kier alpha value is -1.14. The zero-order valence-electron chi connectivity index (χ0n) is 10.2. The van der Waals surface area contributed by atoms with Gasteiger partial charge >= 0.3 is 0 Å². The summed E-state index contributed by atoms with van der Waals surface area (Å²) in [5.74, 6) is 1.46. The van der Waals surface area contributed by atoms with Gasteiger partial charge in [-0.3, -0.25) is 4.21 Å². The Balaban J connectivity index is 2.00. The van der Waals surface area contributed by atoms with E-state index in [0.717, 1.165) is 51.2 Å². The minimum atomic E-state index is -0.660. The first-order valence-corrected chi connectivity index (χ1v) is 8.20. The molecule has 18 heavy (non-hydrogen) atoms. The number of hydrogen-bond donors (Lipinski definition) is 1. The average Bonchev–Trinajstić information content (AvgIpc) is 2.68. The highest BCUT2D eigenvalue weighted by Gasteiger charge is 2.18. The molecule has 0 bridgehead atoms. The molecule has 0 amide bonds. The van der Waals surface area contributed by atoms with E-state index >= 15 is 0 Å². The maximum atomic E-state index is 11.4. The van der Waals surface area contributed by atoms with Gasteiger partial charge < -0.3 is 10.6 Å². The summed E-state index contributed by atoms with van der Waals surface area (Å²) in [5.41, 5.74) is 8.95. The van der Waals surface area contributed by atoms with Crippen LogP contribution in [-0.2, 0) is 10.8 Å². The number of nitrogens with two attached hydrogens (primary N) is 1. The number of thiazole rings is 1. The van der Waals surface area contributed by atoms with E-state index in [1.54, 1.807) is 11.3 Å². The normalized spacial score (nSPS) is 17.5. The Bertz CT molecular complexity index is 613. The molecule has 3 rings (SSSR count). The van der Waals surface area contributed by atoms with Crippen molar-refractivity contribution in [3.63, 3.8) is 0 Å². The Morgan fingerprint density at radius 2 is 2.11 bits per heavy atom. The van der Waals surface area contributed by atoms with Crippen LogP contribution in [0.3, 0.4) is 0 Å². The van der Waals surface area contributed by atoms with Crippen LogP contribution in [0.4, 0.5) is 11.4 Å². The third kappa shape index (κ3) is 2.10. The fourth-order valence-corrected chi connectivity index (χ4v) is 4.16. The first-order chi connectivity index (χ1) is 8.63. The fourth-order valence-electron chi connectivity index (χ4n) is 2.25. The summed E-state index contributed by atoms with van der Waals surface area (Å²) in [7, 11) is -0.660. The molecule has 2 aromatic rings. The Morgan fingerprint density at radius 1 is 1.39 bits per heavy atom. The molecule has 6 heteroatoms. The van der Waals surface area contributed by atoms with Crippen LogP contribution in [0.5, 0.6) is 0 Å². The molecule has 0 atom stereocenters. The Morgan fingerprint density at radius 3 is 2.83 bits per heavy atom. The van der Waals surface area contributed by atoms with Gasteiger partial charge in [0.05, 0.1) is 26.6 Å². The molecule has 0 radical (unpaired) electrons. The maximum Gasteiger partial charge on any atom is 0.0907 e. The number of rotatable bonds is 1. The second-order valence-electron chi connectivity index (χ2n) is 4.45. The van der Waals surface area contributed by atoms with Gasteiger partial charge in [0.1, 0.15) is 0 Å². The van der Waals surface area contributed by atoms with Crippen LogP contribution in [0.15, 0.2) is 12.1 Å². The number of aromatic nitrogens is 1. The molecule has 1 aromatic carbocycles. The molecule has 0 saturated carbocycles. The van der Waals surface area contributed by atoms with Crippen LogP contribution >= 0.6 is 11.3 Å². The molecule has 1 saturated heterocycles. The van der Waals surface area contributed by atoms with Crippen LogP contribution in [0, 0.1) is 6.92 Å². The summed E-state index contributed by atoms with van der Waals surface area (Å²) in [6.45, 7) is 3.63. The summed E-state index contributed by atoms with van der Waals surface area (Å²) in [5, 5.41) is 1.06. The molecule has 2 N–H and O–H groups in total. The van der Waals surface area contributed by atoms with Crippen molar-refractivity contribution in [1.29, 1.82) is 0 Å². The summed E-state index contributed by atoms with van der Waals surface area (Å²) in [6, 6.07) is 4.06. The van der Waals surface area contributed by atoms with Crippen LogP contribution in [0.1, 0.15) is 5.01 Å². The zero-order valence-corrected chi connectivity index (χ0v) is 11.8. The average molecular weight is 281 g/mol. The Kier molecular flexibility index (Phi) is 2.99. The van der Waals surface area contributed by atoms with Crippen molar-refractivity contribution in [3.05, 3.63) is 17.1 Å². The van der Waals surface area contributed by atoms with Gasteiger partial charge in [0.2, 0.25) is 0 Å². The molecule has 1 aliphatic rings. The number of anilines is 2. The van der Waals surface area contributed by atoms with Crippen molar-refractivity contribution < 1.29 is 4.21 Å². The summed E-state index contributed by atoms with van der Waals surface area (Å²) < 4.78 is 12.5. The van der Waals surface area contributed by atoms with Gasteiger partial charge in [-0.25, -0.2) is 4.98 Å². The molecule has 0 aliphatic carbocycles.